The zero-order chi connectivity index (χ0) is 14.4. The van der Waals surface area contributed by atoms with E-state index in [2.05, 4.69) is 5.32 Å². The van der Waals surface area contributed by atoms with Gasteiger partial charge in [0.05, 0.1) is 6.10 Å². The van der Waals surface area contributed by atoms with Gasteiger partial charge in [0.15, 0.2) is 0 Å². The van der Waals surface area contributed by atoms with Crippen LogP contribution in [0.4, 0.5) is 5.69 Å². The van der Waals surface area contributed by atoms with Gasteiger partial charge in [-0.1, -0.05) is 12.2 Å². The molecule has 0 atom stereocenters. The Balaban J connectivity index is 1.77. The van der Waals surface area contributed by atoms with Crippen molar-refractivity contribution in [1.82, 2.24) is 0 Å². The van der Waals surface area contributed by atoms with E-state index in [4.69, 9.17) is 27.4 Å². The highest BCUT2D eigenvalue weighted by atomic mass is 32.1. The number of nitrogens with one attached hydrogen (secondary N) is 1. The van der Waals surface area contributed by atoms with E-state index >= 15 is 0 Å². The second-order valence-electron chi connectivity index (χ2n) is 4.61. The topological polar surface area (TPSA) is 73.6 Å². The minimum absolute atomic E-state index is 0.0573. The SMILES string of the molecule is NC(=S)c1ccc(NC(=O)COC2CCOCC2)cc1. The van der Waals surface area contributed by atoms with Crippen LogP contribution in [0.5, 0.6) is 0 Å². The van der Waals surface area contributed by atoms with Gasteiger partial charge in [-0.05, 0) is 37.1 Å². The molecule has 1 aliphatic heterocycles. The van der Waals surface area contributed by atoms with Crippen molar-refractivity contribution in [2.24, 2.45) is 5.73 Å². The van der Waals surface area contributed by atoms with Gasteiger partial charge in [-0.2, -0.15) is 0 Å². The average Bonchev–Trinajstić information content (AvgIpc) is 2.47. The van der Waals surface area contributed by atoms with Crippen LogP contribution in [0.2, 0.25) is 0 Å². The summed E-state index contributed by atoms with van der Waals surface area (Å²) in [6.45, 7) is 1.46. The fourth-order valence-electron chi connectivity index (χ4n) is 1.95. The lowest BCUT2D eigenvalue weighted by Gasteiger charge is -2.22. The normalized spacial score (nSPS) is 15.8. The number of hydrogen-bond acceptors (Lipinski definition) is 4. The minimum atomic E-state index is -0.167. The Morgan fingerprint density at radius 3 is 2.60 bits per heavy atom. The van der Waals surface area contributed by atoms with Crippen molar-refractivity contribution in [2.45, 2.75) is 18.9 Å². The van der Waals surface area contributed by atoms with E-state index in [1.165, 1.54) is 0 Å². The number of thiocarbonyl (C=S) groups is 1. The van der Waals surface area contributed by atoms with Crippen LogP contribution in [-0.4, -0.2) is 36.8 Å². The molecule has 1 aromatic rings. The summed E-state index contributed by atoms with van der Waals surface area (Å²) in [4.78, 5) is 12.1. The summed E-state index contributed by atoms with van der Waals surface area (Å²) in [5.41, 5.74) is 6.98. The number of carbonyl (C=O) groups excluding carboxylic acids is 1. The molecular formula is C14H18N2O3S. The maximum absolute atomic E-state index is 11.8. The first kappa shape index (κ1) is 14.9. The molecule has 3 N–H and O–H groups in total. The lowest BCUT2D eigenvalue weighted by Crippen LogP contribution is -2.28. The number of rotatable bonds is 5. The van der Waals surface area contributed by atoms with E-state index in [0.717, 1.165) is 18.4 Å². The van der Waals surface area contributed by atoms with Crippen LogP contribution in [0, 0.1) is 0 Å². The molecule has 0 unspecified atom stereocenters. The molecule has 20 heavy (non-hydrogen) atoms. The van der Waals surface area contributed by atoms with Crippen LogP contribution in [-0.2, 0) is 14.3 Å². The van der Waals surface area contributed by atoms with E-state index < -0.39 is 0 Å². The van der Waals surface area contributed by atoms with Crippen molar-refractivity contribution in [2.75, 3.05) is 25.1 Å². The zero-order valence-corrected chi connectivity index (χ0v) is 11.9. The molecule has 0 aromatic heterocycles. The molecule has 1 fully saturated rings. The first-order valence-corrected chi connectivity index (χ1v) is 6.95. The molecule has 1 aliphatic rings. The summed E-state index contributed by atoms with van der Waals surface area (Å²) in [5.74, 6) is -0.167. The second-order valence-corrected chi connectivity index (χ2v) is 5.05. The molecule has 0 spiro atoms. The van der Waals surface area contributed by atoms with Gasteiger partial charge in [0.2, 0.25) is 5.91 Å². The highest BCUT2D eigenvalue weighted by molar-refractivity contribution is 7.80. The number of nitrogens with two attached hydrogens (primary N) is 1. The van der Waals surface area contributed by atoms with Crippen molar-refractivity contribution in [3.8, 4) is 0 Å². The van der Waals surface area contributed by atoms with E-state index in [1.54, 1.807) is 24.3 Å². The van der Waals surface area contributed by atoms with Gasteiger partial charge in [-0.25, -0.2) is 0 Å². The number of ether oxygens (including phenoxy) is 2. The minimum Gasteiger partial charge on any atom is -0.389 e. The quantitative estimate of drug-likeness (QED) is 0.804. The summed E-state index contributed by atoms with van der Waals surface area (Å²) in [6.07, 6.45) is 1.80. The van der Waals surface area contributed by atoms with Gasteiger partial charge in [0.1, 0.15) is 11.6 Å². The summed E-state index contributed by atoms with van der Waals surface area (Å²) in [6, 6.07) is 7.08. The highest BCUT2D eigenvalue weighted by Crippen LogP contribution is 2.12. The third kappa shape index (κ3) is 4.56. The van der Waals surface area contributed by atoms with E-state index in [9.17, 15) is 4.79 Å². The van der Waals surface area contributed by atoms with Crippen LogP contribution in [0.3, 0.4) is 0 Å². The molecular weight excluding hydrogens is 276 g/mol. The number of benzene rings is 1. The Labute approximate surface area is 123 Å². The summed E-state index contributed by atoms with van der Waals surface area (Å²) < 4.78 is 10.8. The maximum Gasteiger partial charge on any atom is 0.250 e. The predicted octanol–water partition coefficient (Wildman–Crippen LogP) is 1.45. The lowest BCUT2D eigenvalue weighted by molar-refractivity contribution is -0.124. The average molecular weight is 294 g/mol. The van der Waals surface area contributed by atoms with Crippen LogP contribution >= 0.6 is 12.2 Å². The van der Waals surface area contributed by atoms with E-state index in [0.29, 0.717) is 23.9 Å². The molecule has 1 aromatic carbocycles. The third-order valence-corrected chi connectivity index (χ3v) is 3.31. The monoisotopic (exact) mass is 294 g/mol. The standard InChI is InChI=1S/C14H18N2O3S/c15-14(20)10-1-3-11(4-2-10)16-13(17)9-19-12-5-7-18-8-6-12/h1-4,12H,5-9H2,(H2,15,20)(H,16,17). The Kier molecular flexibility index (Phi) is 5.46. The van der Waals surface area contributed by atoms with Crippen LogP contribution in [0.1, 0.15) is 18.4 Å². The molecule has 0 saturated carbocycles. The fraction of sp³-hybridized carbons (Fsp3) is 0.429. The second kappa shape index (κ2) is 7.33. The van der Waals surface area contributed by atoms with Gasteiger partial charge < -0.3 is 20.5 Å². The number of carbonyl (C=O) groups is 1. The first-order valence-electron chi connectivity index (χ1n) is 6.54. The predicted molar refractivity (Wildman–Crippen MR) is 80.8 cm³/mol. The van der Waals surface area contributed by atoms with Gasteiger partial charge in [-0.3, -0.25) is 4.79 Å². The highest BCUT2D eigenvalue weighted by Gasteiger charge is 2.15. The van der Waals surface area contributed by atoms with Gasteiger partial charge in [0, 0.05) is 24.5 Å². The molecule has 0 aliphatic carbocycles. The van der Waals surface area contributed by atoms with E-state index in [-0.39, 0.29) is 18.6 Å². The Morgan fingerprint density at radius 2 is 2.00 bits per heavy atom. The van der Waals surface area contributed by atoms with Gasteiger partial charge in [0.25, 0.3) is 0 Å². The van der Waals surface area contributed by atoms with Crippen molar-refractivity contribution in [3.63, 3.8) is 0 Å². The van der Waals surface area contributed by atoms with Crippen LogP contribution < -0.4 is 11.1 Å². The van der Waals surface area contributed by atoms with Crippen molar-refractivity contribution < 1.29 is 14.3 Å². The molecule has 1 heterocycles. The Morgan fingerprint density at radius 1 is 1.35 bits per heavy atom. The van der Waals surface area contributed by atoms with Gasteiger partial charge in [-0.15, -0.1) is 0 Å². The fourth-order valence-corrected chi connectivity index (χ4v) is 2.09. The molecule has 2 rings (SSSR count). The third-order valence-electron chi connectivity index (χ3n) is 3.07. The number of amides is 1. The Hall–Kier alpha value is -1.50. The molecule has 0 bridgehead atoms. The smallest absolute Gasteiger partial charge is 0.250 e. The van der Waals surface area contributed by atoms with Crippen LogP contribution in [0.25, 0.3) is 0 Å². The first-order chi connectivity index (χ1) is 9.65. The van der Waals surface area contributed by atoms with Gasteiger partial charge >= 0.3 is 0 Å². The Bertz CT molecular complexity index is 470. The summed E-state index contributed by atoms with van der Waals surface area (Å²) >= 11 is 4.87. The molecule has 108 valence electrons. The zero-order valence-electron chi connectivity index (χ0n) is 11.1. The molecule has 0 radical (unpaired) electrons. The lowest BCUT2D eigenvalue weighted by atomic mass is 10.1. The number of hydrogen-bond donors (Lipinski definition) is 2. The van der Waals surface area contributed by atoms with Crippen LogP contribution in [0.15, 0.2) is 24.3 Å². The summed E-state index contributed by atoms with van der Waals surface area (Å²) in [5, 5.41) is 2.77. The summed E-state index contributed by atoms with van der Waals surface area (Å²) in [7, 11) is 0. The van der Waals surface area contributed by atoms with Crippen molar-refractivity contribution >= 4 is 28.8 Å². The molecule has 1 amide bonds. The molecule has 6 heteroatoms. The molecule has 1 saturated heterocycles. The van der Waals surface area contributed by atoms with Crippen molar-refractivity contribution in [3.05, 3.63) is 29.8 Å². The number of anilines is 1. The molecule has 5 nitrogen and oxygen atoms in total. The van der Waals surface area contributed by atoms with E-state index in [1.807, 2.05) is 0 Å². The maximum atomic E-state index is 11.8. The van der Waals surface area contributed by atoms with Crippen molar-refractivity contribution in [1.29, 1.82) is 0 Å². The largest absolute Gasteiger partial charge is 0.389 e.